The Morgan fingerprint density at radius 2 is 2.44 bits per heavy atom. The van der Waals surface area contributed by atoms with Crippen molar-refractivity contribution < 1.29 is 19.1 Å². The van der Waals surface area contributed by atoms with Crippen LogP contribution < -0.4 is 4.74 Å². The summed E-state index contributed by atoms with van der Waals surface area (Å²) in [6.45, 7) is 0.132. The van der Waals surface area contributed by atoms with Gasteiger partial charge >= 0.3 is 0 Å². The molecule has 82 valence electrons. The Morgan fingerprint density at radius 3 is 3.06 bits per heavy atom. The summed E-state index contributed by atoms with van der Waals surface area (Å²) in [4.78, 5) is 14.3. The van der Waals surface area contributed by atoms with E-state index in [-0.39, 0.29) is 18.1 Å². The Balaban J connectivity index is 2.02. The van der Waals surface area contributed by atoms with Crippen molar-refractivity contribution in [2.75, 3.05) is 0 Å². The number of hydrogen-bond donors (Lipinski definition) is 1. The molecule has 0 unspecified atom stereocenters. The first-order valence-corrected chi connectivity index (χ1v) is 4.59. The smallest absolute Gasteiger partial charge is 0.208 e. The number of rotatable bonds is 4. The van der Waals surface area contributed by atoms with Crippen molar-refractivity contribution in [2.45, 2.75) is 6.61 Å². The quantitative estimate of drug-likeness (QED) is 0.793. The van der Waals surface area contributed by atoms with Gasteiger partial charge in [0.05, 0.1) is 6.20 Å². The molecule has 0 aliphatic heterocycles. The lowest BCUT2D eigenvalue weighted by atomic mass is 10.4. The number of aldehydes is 1. The lowest BCUT2D eigenvalue weighted by Crippen LogP contribution is -1.93. The maximum absolute atomic E-state index is 10.4. The predicted molar refractivity (Wildman–Crippen MR) is 54.3 cm³/mol. The molecule has 0 atom stereocenters. The Labute approximate surface area is 91.3 Å². The van der Waals surface area contributed by atoms with E-state index < -0.39 is 0 Å². The lowest BCUT2D eigenvalue weighted by molar-refractivity contribution is 0.109. The van der Waals surface area contributed by atoms with Gasteiger partial charge in [0.1, 0.15) is 18.1 Å². The van der Waals surface area contributed by atoms with Gasteiger partial charge in [0.2, 0.25) is 5.76 Å². The van der Waals surface area contributed by atoms with E-state index in [1.165, 1.54) is 6.07 Å². The second-order valence-corrected chi connectivity index (χ2v) is 3.06. The highest BCUT2D eigenvalue weighted by molar-refractivity contribution is 5.74. The summed E-state index contributed by atoms with van der Waals surface area (Å²) in [6, 6.07) is 4.84. The highest BCUT2D eigenvalue weighted by atomic mass is 16.5. The molecule has 2 aromatic heterocycles. The van der Waals surface area contributed by atoms with Gasteiger partial charge in [0, 0.05) is 12.3 Å². The summed E-state index contributed by atoms with van der Waals surface area (Å²) in [5.41, 5.74) is 0. The van der Waals surface area contributed by atoms with E-state index in [0.29, 0.717) is 17.8 Å². The van der Waals surface area contributed by atoms with Crippen LogP contribution in [0.25, 0.3) is 0 Å². The predicted octanol–water partition coefficient (Wildman–Crippen LogP) is 1.77. The number of carbonyl (C=O) groups is 1. The topological polar surface area (TPSA) is 72.6 Å². The van der Waals surface area contributed by atoms with Crippen LogP contribution in [-0.2, 0) is 6.61 Å². The molecule has 0 aliphatic rings. The minimum absolute atomic E-state index is 0.0928. The minimum Gasteiger partial charge on any atom is -0.504 e. The minimum atomic E-state index is -0.181. The van der Waals surface area contributed by atoms with Gasteiger partial charge in [0.15, 0.2) is 12.0 Å². The van der Waals surface area contributed by atoms with Crippen LogP contribution in [0.4, 0.5) is 0 Å². The number of pyridine rings is 1. The van der Waals surface area contributed by atoms with Crippen molar-refractivity contribution in [1.82, 2.24) is 4.98 Å². The molecule has 0 saturated carbocycles. The van der Waals surface area contributed by atoms with Crippen LogP contribution in [0.1, 0.15) is 16.3 Å². The molecule has 0 amide bonds. The Kier molecular flexibility index (Phi) is 2.86. The zero-order chi connectivity index (χ0) is 11.4. The summed E-state index contributed by atoms with van der Waals surface area (Å²) >= 11 is 0. The molecule has 0 saturated heterocycles. The summed E-state index contributed by atoms with van der Waals surface area (Å²) in [7, 11) is 0. The zero-order valence-corrected chi connectivity index (χ0v) is 8.29. The summed E-state index contributed by atoms with van der Waals surface area (Å²) in [6.07, 6.45) is 3.64. The molecule has 0 aromatic carbocycles. The van der Waals surface area contributed by atoms with Gasteiger partial charge in [-0.05, 0) is 12.1 Å². The van der Waals surface area contributed by atoms with Crippen molar-refractivity contribution in [3.63, 3.8) is 0 Å². The van der Waals surface area contributed by atoms with Crippen LogP contribution in [0.5, 0.6) is 11.5 Å². The maximum atomic E-state index is 10.4. The van der Waals surface area contributed by atoms with E-state index in [2.05, 4.69) is 4.98 Å². The molecule has 5 nitrogen and oxygen atoms in total. The molecular weight excluding hydrogens is 210 g/mol. The lowest BCUT2D eigenvalue weighted by Gasteiger charge is -2.01. The normalized spacial score (nSPS) is 10.0. The fraction of sp³-hybridized carbons (Fsp3) is 0.0909. The average Bonchev–Trinajstić information content (AvgIpc) is 2.69. The first-order chi connectivity index (χ1) is 7.79. The van der Waals surface area contributed by atoms with Crippen LogP contribution in [0.3, 0.4) is 0 Å². The van der Waals surface area contributed by atoms with Gasteiger partial charge in [-0.1, -0.05) is 0 Å². The Bertz CT molecular complexity index is 478. The summed E-state index contributed by atoms with van der Waals surface area (Å²) in [5, 5.41) is 9.24. The fourth-order valence-electron chi connectivity index (χ4n) is 1.19. The third-order valence-electron chi connectivity index (χ3n) is 1.91. The van der Waals surface area contributed by atoms with Crippen LogP contribution in [0.15, 0.2) is 35.0 Å². The van der Waals surface area contributed by atoms with Crippen molar-refractivity contribution in [2.24, 2.45) is 0 Å². The molecule has 2 heterocycles. The van der Waals surface area contributed by atoms with E-state index in [1.54, 1.807) is 24.5 Å². The van der Waals surface area contributed by atoms with E-state index in [4.69, 9.17) is 9.15 Å². The second-order valence-electron chi connectivity index (χ2n) is 3.06. The molecule has 0 spiro atoms. The van der Waals surface area contributed by atoms with Crippen LogP contribution in [-0.4, -0.2) is 16.4 Å². The van der Waals surface area contributed by atoms with Gasteiger partial charge in [-0.15, -0.1) is 0 Å². The highest BCUT2D eigenvalue weighted by Crippen LogP contribution is 2.21. The molecular formula is C11H9NO4. The van der Waals surface area contributed by atoms with E-state index >= 15 is 0 Å². The molecule has 0 fully saturated rings. The molecule has 2 rings (SSSR count). The molecule has 5 heteroatoms. The first kappa shape index (κ1) is 10.2. The van der Waals surface area contributed by atoms with Gasteiger partial charge < -0.3 is 14.3 Å². The highest BCUT2D eigenvalue weighted by Gasteiger charge is 2.09. The van der Waals surface area contributed by atoms with Crippen molar-refractivity contribution >= 4 is 6.29 Å². The second kappa shape index (κ2) is 4.48. The molecule has 1 N–H and O–H groups in total. The SMILES string of the molecule is O=Cc1oc(COc2cccnc2)cc1O. The van der Waals surface area contributed by atoms with E-state index in [1.807, 2.05) is 0 Å². The van der Waals surface area contributed by atoms with Gasteiger partial charge in [0.25, 0.3) is 0 Å². The monoisotopic (exact) mass is 219 g/mol. The molecule has 0 radical (unpaired) electrons. The maximum Gasteiger partial charge on any atom is 0.208 e. The Hall–Kier alpha value is -2.30. The van der Waals surface area contributed by atoms with Crippen LogP contribution in [0.2, 0.25) is 0 Å². The van der Waals surface area contributed by atoms with E-state index in [9.17, 15) is 9.90 Å². The number of carbonyl (C=O) groups excluding carboxylic acids is 1. The fourth-order valence-corrected chi connectivity index (χ4v) is 1.19. The number of nitrogens with zero attached hydrogens (tertiary/aromatic N) is 1. The Morgan fingerprint density at radius 1 is 1.56 bits per heavy atom. The molecule has 16 heavy (non-hydrogen) atoms. The van der Waals surface area contributed by atoms with Gasteiger partial charge in [-0.25, -0.2) is 0 Å². The number of ether oxygens (including phenoxy) is 1. The van der Waals surface area contributed by atoms with Crippen LogP contribution >= 0.6 is 0 Å². The van der Waals surface area contributed by atoms with Crippen molar-refractivity contribution in [3.8, 4) is 11.5 Å². The van der Waals surface area contributed by atoms with Gasteiger partial charge in [-0.2, -0.15) is 0 Å². The van der Waals surface area contributed by atoms with Crippen LogP contribution in [0, 0.1) is 0 Å². The molecule has 0 bridgehead atoms. The third kappa shape index (κ3) is 2.20. The van der Waals surface area contributed by atoms with E-state index in [0.717, 1.165) is 0 Å². The number of aromatic nitrogens is 1. The summed E-state index contributed by atoms with van der Waals surface area (Å²) < 4.78 is 10.3. The molecule has 0 aliphatic carbocycles. The number of hydrogen-bond acceptors (Lipinski definition) is 5. The molecule has 2 aromatic rings. The first-order valence-electron chi connectivity index (χ1n) is 4.59. The van der Waals surface area contributed by atoms with Gasteiger partial charge in [-0.3, -0.25) is 9.78 Å². The zero-order valence-electron chi connectivity index (χ0n) is 8.29. The van der Waals surface area contributed by atoms with Crippen molar-refractivity contribution in [1.29, 1.82) is 0 Å². The summed E-state index contributed by atoms with van der Waals surface area (Å²) in [5.74, 6) is 0.694. The average molecular weight is 219 g/mol. The number of aromatic hydroxyl groups is 1. The third-order valence-corrected chi connectivity index (χ3v) is 1.91. The van der Waals surface area contributed by atoms with Crippen molar-refractivity contribution in [3.05, 3.63) is 42.1 Å². The number of furan rings is 1. The largest absolute Gasteiger partial charge is 0.504 e. The standard InChI is InChI=1S/C11H9NO4/c13-6-11-10(14)4-9(16-11)7-15-8-2-1-3-12-5-8/h1-6,14H,7H2.